The average Bonchev–Trinajstić information content (AvgIpc) is 3.35. The van der Waals surface area contributed by atoms with E-state index in [4.69, 9.17) is 9.26 Å². The van der Waals surface area contributed by atoms with E-state index in [0.29, 0.717) is 31.0 Å². The molecule has 1 amide bonds. The second kappa shape index (κ2) is 10.8. The van der Waals surface area contributed by atoms with Crippen LogP contribution in [-0.2, 0) is 4.79 Å². The molecule has 174 valence electrons. The summed E-state index contributed by atoms with van der Waals surface area (Å²) in [4.78, 5) is 21.8. The molecule has 1 saturated heterocycles. The summed E-state index contributed by atoms with van der Waals surface area (Å²) in [6.45, 7) is 3.03. The van der Waals surface area contributed by atoms with E-state index in [1.807, 2.05) is 29.2 Å². The molecule has 0 bridgehead atoms. The van der Waals surface area contributed by atoms with Crippen molar-refractivity contribution in [3.63, 3.8) is 0 Å². The van der Waals surface area contributed by atoms with Crippen molar-refractivity contribution in [2.75, 3.05) is 45.2 Å². The van der Waals surface area contributed by atoms with E-state index in [1.54, 1.807) is 7.11 Å². The third kappa shape index (κ3) is 5.59. The number of carbonyl (C=O) groups excluding carboxylic acids is 1. The van der Waals surface area contributed by atoms with Crippen LogP contribution >= 0.6 is 0 Å². The zero-order valence-electron chi connectivity index (χ0n) is 19.3. The molecule has 8 nitrogen and oxygen atoms in total. The summed E-state index contributed by atoms with van der Waals surface area (Å²) in [6.07, 6.45) is 8.40. The molecule has 0 radical (unpaired) electrons. The number of carbonyl (C=O) groups is 1. The van der Waals surface area contributed by atoms with E-state index in [1.165, 1.54) is 32.1 Å². The fourth-order valence-corrected chi connectivity index (χ4v) is 4.77. The van der Waals surface area contributed by atoms with Gasteiger partial charge in [-0.2, -0.15) is 4.98 Å². The van der Waals surface area contributed by atoms with Crippen molar-refractivity contribution in [2.45, 2.75) is 51.0 Å². The number of methoxy groups -OCH3 is 1. The number of rotatable bonds is 8. The van der Waals surface area contributed by atoms with Crippen molar-refractivity contribution in [1.82, 2.24) is 20.4 Å². The van der Waals surface area contributed by atoms with Crippen LogP contribution in [0.3, 0.4) is 0 Å². The predicted octanol–water partition coefficient (Wildman–Crippen LogP) is 3.34. The fourth-order valence-electron chi connectivity index (χ4n) is 4.77. The van der Waals surface area contributed by atoms with Gasteiger partial charge in [-0.25, -0.2) is 0 Å². The molecule has 1 N–H and O–H groups in total. The highest BCUT2D eigenvalue weighted by Crippen LogP contribution is 2.26. The number of amides is 1. The Bertz CT molecular complexity index is 863. The van der Waals surface area contributed by atoms with Gasteiger partial charge in [0.05, 0.1) is 13.0 Å². The molecule has 8 heteroatoms. The zero-order valence-corrected chi connectivity index (χ0v) is 19.3. The number of benzene rings is 1. The summed E-state index contributed by atoms with van der Waals surface area (Å²) >= 11 is 0. The van der Waals surface area contributed by atoms with E-state index in [9.17, 15) is 4.79 Å². The highest BCUT2D eigenvalue weighted by atomic mass is 16.5. The van der Waals surface area contributed by atoms with Crippen LogP contribution < -0.4 is 15.0 Å². The van der Waals surface area contributed by atoms with E-state index >= 15 is 0 Å². The van der Waals surface area contributed by atoms with Gasteiger partial charge in [0.1, 0.15) is 5.75 Å². The second-order valence-electron chi connectivity index (χ2n) is 8.98. The first-order chi connectivity index (χ1) is 15.6. The summed E-state index contributed by atoms with van der Waals surface area (Å²) in [5, 5.41) is 7.28. The number of nitrogens with one attached hydrogen (secondary N) is 1. The quantitative estimate of drug-likeness (QED) is 0.673. The lowest BCUT2D eigenvalue weighted by Crippen LogP contribution is -2.45. The lowest BCUT2D eigenvalue weighted by Gasteiger charge is -2.32. The van der Waals surface area contributed by atoms with Crippen LogP contribution in [0, 0.1) is 5.92 Å². The van der Waals surface area contributed by atoms with Crippen molar-refractivity contribution >= 4 is 11.9 Å². The summed E-state index contributed by atoms with van der Waals surface area (Å²) in [7, 11) is 3.82. The van der Waals surface area contributed by atoms with Crippen LogP contribution in [0.25, 0.3) is 11.4 Å². The fraction of sp³-hybridized carbons (Fsp3) is 0.625. The molecule has 1 aliphatic carbocycles. The van der Waals surface area contributed by atoms with Gasteiger partial charge in [0.25, 0.3) is 0 Å². The Kier molecular flexibility index (Phi) is 7.63. The molecule has 32 heavy (non-hydrogen) atoms. The zero-order chi connectivity index (χ0) is 22.3. The van der Waals surface area contributed by atoms with E-state index < -0.39 is 0 Å². The largest absolute Gasteiger partial charge is 0.497 e. The average molecular weight is 442 g/mol. The maximum atomic E-state index is 12.8. The van der Waals surface area contributed by atoms with Gasteiger partial charge in [-0.05, 0) is 57.0 Å². The predicted molar refractivity (Wildman–Crippen MR) is 124 cm³/mol. The van der Waals surface area contributed by atoms with Crippen molar-refractivity contribution < 1.29 is 14.1 Å². The lowest BCUT2D eigenvalue weighted by molar-refractivity contribution is -0.125. The van der Waals surface area contributed by atoms with Crippen LogP contribution in [0.2, 0.25) is 0 Å². The highest BCUT2D eigenvalue weighted by Gasteiger charge is 2.29. The maximum Gasteiger partial charge on any atom is 0.324 e. The Morgan fingerprint density at radius 3 is 2.72 bits per heavy atom. The third-order valence-corrected chi connectivity index (χ3v) is 6.79. The standard InChI is InChI=1S/C24H35N5O3/c1-28(20-8-4-3-5-9-20)16-14-25-23(30)19-7-6-15-29(17-19)24-26-22(27-32-24)18-10-12-21(31-2)13-11-18/h10-13,19-20H,3-9,14-17H2,1-2H3,(H,25,30)/t19-/m0/s1. The molecule has 1 atom stereocenters. The molecule has 1 saturated carbocycles. The number of anilines is 1. The van der Waals surface area contributed by atoms with Crippen LogP contribution in [0.1, 0.15) is 44.9 Å². The molecule has 2 aliphatic rings. The highest BCUT2D eigenvalue weighted by molar-refractivity contribution is 5.79. The number of ether oxygens (including phenoxy) is 1. The Morgan fingerprint density at radius 2 is 1.97 bits per heavy atom. The number of hydrogen-bond donors (Lipinski definition) is 1. The molecular weight excluding hydrogens is 406 g/mol. The number of nitrogens with zero attached hydrogens (tertiary/aromatic N) is 4. The third-order valence-electron chi connectivity index (χ3n) is 6.79. The summed E-state index contributed by atoms with van der Waals surface area (Å²) in [6, 6.07) is 8.71. The van der Waals surface area contributed by atoms with Gasteiger partial charge in [0, 0.05) is 37.8 Å². The minimum Gasteiger partial charge on any atom is -0.497 e. The maximum absolute atomic E-state index is 12.8. The van der Waals surface area contributed by atoms with Crippen molar-refractivity contribution in [2.24, 2.45) is 5.92 Å². The number of aromatic nitrogens is 2. The molecule has 4 rings (SSSR count). The van der Waals surface area contributed by atoms with Crippen molar-refractivity contribution in [1.29, 1.82) is 0 Å². The number of hydrogen-bond acceptors (Lipinski definition) is 7. The van der Waals surface area contributed by atoms with Crippen LogP contribution in [0.15, 0.2) is 28.8 Å². The van der Waals surface area contributed by atoms with Crippen molar-refractivity contribution in [3.8, 4) is 17.1 Å². The first kappa shape index (κ1) is 22.6. The molecule has 2 fully saturated rings. The first-order valence-electron chi connectivity index (χ1n) is 11.8. The lowest BCUT2D eigenvalue weighted by atomic mass is 9.94. The molecule has 1 aliphatic heterocycles. The van der Waals surface area contributed by atoms with Crippen LogP contribution in [0.4, 0.5) is 6.01 Å². The summed E-state index contributed by atoms with van der Waals surface area (Å²) in [5.74, 6) is 1.40. The Hall–Kier alpha value is -2.61. The summed E-state index contributed by atoms with van der Waals surface area (Å²) < 4.78 is 10.7. The number of likely N-dealkylation sites (N-methyl/N-ethyl adjacent to an activating group) is 1. The van der Waals surface area contributed by atoms with Crippen LogP contribution in [0.5, 0.6) is 5.75 Å². The minimum atomic E-state index is -0.0555. The van der Waals surface area contributed by atoms with Gasteiger partial charge < -0.3 is 24.4 Å². The molecule has 1 aromatic heterocycles. The van der Waals surface area contributed by atoms with E-state index in [0.717, 1.165) is 37.2 Å². The minimum absolute atomic E-state index is 0.0555. The number of piperidine rings is 1. The van der Waals surface area contributed by atoms with Crippen molar-refractivity contribution in [3.05, 3.63) is 24.3 Å². The molecule has 2 heterocycles. The molecule has 0 unspecified atom stereocenters. The van der Waals surface area contributed by atoms with Gasteiger partial charge in [-0.15, -0.1) is 0 Å². The smallest absolute Gasteiger partial charge is 0.324 e. The topological polar surface area (TPSA) is 83.7 Å². The SMILES string of the molecule is COc1ccc(-c2noc(N3CCC[C@H](C(=O)NCCN(C)C4CCCCC4)C3)n2)cc1. The van der Waals surface area contributed by atoms with E-state index in [2.05, 4.69) is 27.4 Å². The summed E-state index contributed by atoms with van der Waals surface area (Å²) in [5.41, 5.74) is 0.870. The van der Waals surface area contributed by atoms with Gasteiger partial charge in [-0.3, -0.25) is 4.79 Å². The molecule has 0 spiro atoms. The van der Waals surface area contributed by atoms with Crippen LogP contribution in [-0.4, -0.2) is 67.3 Å². The Labute approximate surface area is 190 Å². The monoisotopic (exact) mass is 441 g/mol. The molecule has 1 aromatic carbocycles. The second-order valence-corrected chi connectivity index (χ2v) is 8.98. The Balaban J connectivity index is 1.27. The normalized spacial score (nSPS) is 19.8. The van der Waals surface area contributed by atoms with Gasteiger partial charge >= 0.3 is 6.01 Å². The Morgan fingerprint density at radius 1 is 1.19 bits per heavy atom. The van der Waals surface area contributed by atoms with Gasteiger partial charge in [0.15, 0.2) is 0 Å². The van der Waals surface area contributed by atoms with Gasteiger partial charge in [-0.1, -0.05) is 24.4 Å². The van der Waals surface area contributed by atoms with Gasteiger partial charge in [0.2, 0.25) is 11.7 Å². The molecule has 2 aromatic rings. The molecular formula is C24H35N5O3. The van der Waals surface area contributed by atoms with E-state index in [-0.39, 0.29) is 11.8 Å². The first-order valence-corrected chi connectivity index (χ1v) is 11.8.